The van der Waals surface area contributed by atoms with Crippen molar-refractivity contribution in [3.8, 4) is 5.75 Å². The van der Waals surface area contributed by atoms with E-state index in [-0.39, 0.29) is 30.8 Å². The van der Waals surface area contributed by atoms with Gasteiger partial charge in [0, 0.05) is 37.9 Å². The molecule has 1 aromatic heterocycles. The van der Waals surface area contributed by atoms with Crippen LogP contribution in [0.2, 0.25) is 0 Å². The van der Waals surface area contributed by atoms with E-state index < -0.39 is 0 Å². The molecule has 2 rings (SSSR count). The summed E-state index contributed by atoms with van der Waals surface area (Å²) in [7, 11) is 1.52. The molecule has 1 atom stereocenters. The molecule has 0 aliphatic carbocycles. The number of hydrogen-bond donors (Lipinski definition) is 2. The van der Waals surface area contributed by atoms with Gasteiger partial charge in [0.1, 0.15) is 5.75 Å². The molecule has 0 spiro atoms. The molecule has 2 amide bonds. The van der Waals surface area contributed by atoms with Crippen LogP contribution < -0.4 is 15.4 Å². The maximum absolute atomic E-state index is 12.1. The zero-order valence-corrected chi connectivity index (χ0v) is 13.9. The first-order valence-corrected chi connectivity index (χ1v) is 7.76. The molecule has 2 N–H and O–H groups in total. The van der Waals surface area contributed by atoms with Crippen molar-refractivity contribution in [3.63, 3.8) is 0 Å². The monoisotopic (exact) mass is 330 g/mol. The molecule has 0 saturated heterocycles. The molecule has 1 heterocycles. The Kier molecular flexibility index (Phi) is 6.36. The summed E-state index contributed by atoms with van der Waals surface area (Å²) in [5, 5.41) is 5.62. The van der Waals surface area contributed by atoms with Crippen molar-refractivity contribution in [1.29, 1.82) is 0 Å². The Balaban J connectivity index is 1.73. The van der Waals surface area contributed by atoms with Gasteiger partial charge in [0.15, 0.2) is 0 Å². The second-order valence-corrected chi connectivity index (χ2v) is 5.43. The molecule has 128 valence electrons. The number of imidazole rings is 1. The molecule has 0 fully saturated rings. The number of benzene rings is 1. The van der Waals surface area contributed by atoms with E-state index in [0.29, 0.717) is 17.9 Å². The minimum atomic E-state index is -0.258. The summed E-state index contributed by atoms with van der Waals surface area (Å²) in [6.07, 6.45) is 5.46. The Morgan fingerprint density at radius 1 is 1.33 bits per heavy atom. The highest BCUT2D eigenvalue weighted by molar-refractivity contribution is 5.97. The van der Waals surface area contributed by atoms with Crippen molar-refractivity contribution in [2.45, 2.75) is 25.9 Å². The molecule has 0 unspecified atom stereocenters. The highest BCUT2D eigenvalue weighted by Crippen LogP contribution is 2.16. The molecular formula is C17H22N4O3. The topological polar surface area (TPSA) is 85.2 Å². The lowest BCUT2D eigenvalue weighted by atomic mass is 10.2. The first-order valence-electron chi connectivity index (χ1n) is 7.76. The molecule has 0 aliphatic heterocycles. The van der Waals surface area contributed by atoms with Crippen LogP contribution in [0.1, 0.15) is 23.7 Å². The second-order valence-electron chi connectivity index (χ2n) is 5.43. The molecule has 0 saturated carbocycles. The molecular weight excluding hydrogens is 308 g/mol. The largest absolute Gasteiger partial charge is 0.496 e. The Morgan fingerprint density at radius 2 is 2.12 bits per heavy atom. The lowest BCUT2D eigenvalue weighted by Crippen LogP contribution is -2.37. The van der Waals surface area contributed by atoms with Crippen molar-refractivity contribution in [3.05, 3.63) is 48.5 Å². The standard InChI is InChI=1S/C17H22N4O3/c1-13(11-21-10-9-18-12-21)20-16(22)7-8-19-17(23)14-5-3-4-6-15(14)24-2/h3-6,9-10,12-13H,7-8,11H2,1-2H3,(H,19,23)(H,20,22)/t13-/m1/s1. The highest BCUT2D eigenvalue weighted by Gasteiger charge is 2.12. The summed E-state index contributed by atoms with van der Waals surface area (Å²) < 4.78 is 7.05. The fraction of sp³-hybridized carbons (Fsp3) is 0.353. The average molecular weight is 330 g/mol. The van der Waals surface area contributed by atoms with Crippen LogP contribution in [-0.2, 0) is 11.3 Å². The Bertz CT molecular complexity index is 670. The van der Waals surface area contributed by atoms with Gasteiger partial charge in [0.2, 0.25) is 5.91 Å². The van der Waals surface area contributed by atoms with Crippen molar-refractivity contribution >= 4 is 11.8 Å². The van der Waals surface area contributed by atoms with Gasteiger partial charge in [-0.05, 0) is 19.1 Å². The van der Waals surface area contributed by atoms with E-state index in [0.717, 1.165) is 0 Å². The van der Waals surface area contributed by atoms with Gasteiger partial charge < -0.3 is 19.9 Å². The highest BCUT2D eigenvalue weighted by atomic mass is 16.5. The van der Waals surface area contributed by atoms with Crippen molar-refractivity contribution in [2.24, 2.45) is 0 Å². The van der Waals surface area contributed by atoms with E-state index >= 15 is 0 Å². The number of aromatic nitrogens is 2. The van der Waals surface area contributed by atoms with E-state index in [2.05, 4.69) is 15.6 Å². The van der Waals surface area contributed by atoms with E-state index in [9.17, 15) is 9.59 Å². The Labute approximate surface area is 141 Å². The van der Waals surface area contributed by atoms with Crippen LogP contribution >= 0.6 is 0 Å². The smallest absolute Gasteiger partial charge is 0.255 e. The van der Waals surface area contributed by atoms with Crippen molar-refractivity contribution in [2.75, 3.05) is 13.7 Å². The van der Waals surface area contributed by atoms with Gasteiger partial charge in [-0.25, -0.2) is 4.98 Å². The summed E-state index contributed by atoms with van der Waals surface area (Å²) in [6.45, 7) is 2.84. The summed E-state index contributed by atoms with van der Waals surface area (Å²) in [5.74, 6) is 0.142. The van der Waals surface area contributed by atoms with E-state index in [1.54, 1.807) is 36.8 Å². The zero-order chi connectivity index (χ0) is 17.4. The number of para-hydroxylation sites is 1. The van der Waals surface area contributed by atoms with Crippen molar-refractivity contribution < 1.29 is 14.3 Å². The van der Waals surface area contributed by atoms with Gasteiger partial charge in [-0.2, -0.15) is 0 Å². The lowest BCUT2D eigenvalue weighted by Gasteiger charge is -2.14. The number of nitrogens with one attached hydrogen (secondary N) is 2. The molecule has 2 aromatic rings. The van der Waals surface area contributed by atoms with Crippen LogP contribution in [-0.4, -0.2) is 41.1 Å². The number of nitrogens with zero attached hydrogens (tertiary/aromatic N) is 2. The summed E-state index contributed by atoms with van der Waals surface area (Å²) >= 11 is 0. The van der Waals surface area contributed by atoms with Crippen LogP contribution in [0.15, 0.2) is 43.0 Å². The number of methoxy groups -OCH3 is 1. The first kappa shape index (κ1) is 17.5. The van der Waals surface area contributed by atoms with Crippen LogP contribution in [0.3, 0.4) is 0 Å². The van der Waals surface area contributed by atoms with Gasteiger partial charge in [-0.15, -0.1) is 0 Å². The third kappa shape index (κ3) is 5.12. The number of amides is 2. The number of hydrogen-bond acceptors (Lipinski definition) is 4. The predicted octanol–water partition coefficient (Wildman–Crippen LogP) is 1.22. The zero-order valence-electron chi connectivity index (χ0n) is 13.9. The second kappa shape index (κ2) is 8.71. The minimum absolute atomic E-state index is 0.0170. The van der Waals surface area contributed by atoms with Gasteiger partial charge in [-0.1, -0.05) is 12.1 Å². The Morgan fingerprint density at radius 3 is 2.83 bits per heavy atom. The van der Waals surface area contributed by atoms with Crippen LogP contribution in [0.5, 0.6) is 5.75 Å². The Hall–Kier alpha value is -2.83. The van der Waals surface area contributed by atoms with E-state index in [1.165, 1.54) is 7.11 Å². The van der Waals surface area contributed by atoms with Crippen molar-refractivity contribution in [1.82, 2.24) is 20.2 Å². The predicted molar refractivity (Wildman–Crippen MR) is 89.8 cm³/mol. The average Bonchev–Trinajstić information content (AvgIpc) is 3.07. The minimum Gasteiger partial charge on any atom is -0.496 e. The number of carbonyl (C=O) groups excluding carboxylic acids is 2. The normalized spacial score (nSPS) is 11.6. The van der Waals surface area contributed by atoms with Gasteiger partial charge in [0.25, 0.3) is 5.91 Å². The molecule has 0 radical (unpaired) electrons. The number of carbonyl (C=O) groups is 2. The summed E-state index contributed by atoms with van der Waals surface area (Å²) in [5.41, 5.74) is 0.453. The molecule has 24 heavy (non-hydrogen) atoms. The molecule has 0 bridgehead atoms. The van der Waals surface area contributed by atoms with Crippen LogP contribution in [0.25, 0.3) is 0 Å². The maximum Gasteiger partial charge on any atom is 0.255 e. The fourth-order valence-corrected chi connectivity index (χ4v) is 2.32. The summed E-state index contributed by atoms with van der Waals surface area (Å²) in [4.78, 5) is 28.0. The van der Waals surface area contributed by atoms with Gasteiger partial charge in [0.05, 0.1) is 19.0 Å². The van der Waals surface area contributed by atoms with Crippen LogP contribution in [0.4, 0.5) is 0 Å². The molecule has 1 aromatic carbocycles. The molecule has 7 nitrogen and oxygen atoms in total. The quantitative estimate of drug-likeness (QED) is 0.762. The fourth-order valence-electron chi connectivity index (χ4n) is 2.32. The molecule has 7 heteroatoms. The van der Waals surface area contributed by atoms with E-state index in [1.807, 2.05) is 17.7 Å². The van der Waals surface area contributed by atoms with E-state index in [4.69, 9.17) is 4.74 Å². The van der Waals surface area contributed by atoms with Gasteiger partial charge in [-0.3, -0.25) is 9.59 Å². The molecule has 0 aliphatic rings. The number of rotatable bonds is 8. The SMILES string of the molecule is COc1ccccc1C(=O)NCCC(=O)N[C@H](C)Cn1ccnc1. The third-order valence-electron chi connectivity index (χ3n) is 3.44. The van der Waals surface area contributed by atoms with Crippen LogP contribution in [0, 0.1) is 0 Å². The lowest BCUT2D eigenvalue weighted by molar-refractivity contribution is -0.121. The van der Waals surface area contributed by atoms with Gasteiger partial charge >= 0.3 is 0 Å². The first-order chi connectivity index (χ1) is 11.6. The summed E-state index contributed by atoms with van der Waals surface area (Å²) in [6, 6.07) is 6.95. The number of ether oxygens (including phenoxy) is 1. The third-order valence-corrected chi connectivity index (χ3v) is 3.44. The maximum atomic E-state index is 12.1.